The minimum atomic E-state index is 0.310. The molecular formula is C22H30N4O. The summed E-state index contributed by atoms with van der Waals surface area (Å²) in [6.45, 7) is 8.08. The van der Waals surface area contributed by atoms with Crippen molar-refractivity contribution < 1.29 is 4.79 Å². The zero-order chi connectivity index (χ0) is 18.8. The van der Waals surface area contributed by atoms with E-state index in [1.807, 2.05) is 29.1 Å². The number of hydrogen-bond donors (Lipinski definition) is 0. The van der Waals surface area contributed by atoms with Gasteiger partial charge in [-0.3, -0.25) is 9.69 Å². The lowest BCUT2D eigenvalue weighted by Gasteiger charge is -2.34. The fourth-order valence-corrected chi connectivity index (χ4v) is 3.99. The van der Waals surface area contributed by atoms with E-state index in [-0.39, 0.29) is 0 Å². The maximum atomic E-state index is 12.8. The highest BCUT2D eigenvalue weighted by atomic mass is 16.2. The minimum Gasteiger partial charge on any atom is -0.338 e. The molecule has 2 aromatic rings. The van der Waals surface area contributed by atoms with Crippen molar-refractivity contribution in [2.75, 3.05) is 19.6 Å². The molecule has 1 aliphatic carbocycles. The third-order valence-corrected chi connectivity index (χ3v) is 5.79. The quantitative estimate of drug-likeness (QED) is 0.787. The smallest absolute Gasteiger partial charge is 0.224 e. The lowest BCUT2D eigenvalue weighted by Crippen LogP contribution is -2.47. The Morgan fingerprint density at radius 3 is 2.67 bits per heavy atom. The maximum Gasteiger partial charge on any atom is 0.224 e. The van der Waals surface area contributed by atoms with E-state index in [2.05, 4.69) is 47.1 Å². The molecule has 1 amide bonds. The number of carbonyl (C=O) groups is 1. The van der Waals surface area contributed by atoms with Crippen molar-refractivity contribution in [1.82, 2.24) is 19.6 Å². The number of nitrogens with zero attached hydrogens (tertiary/aromatic N) is 4. The first-order valence-corrected chi connectivity index (χ1v) is 10.2. The van der Waals surface area contributed by atoms with Crippen molar-refractivity contribution >= 4 is 5.91 Å². The van der Waals surface area contributed by atoms with Gasteiger partial charge in [0, 0.05) is 50.4 Å². The summed E-state index contributed by atoms with van der Waals surface area (Å²) in [5.74, 6) is 1.55. The van der Waals surface area contributed by atoms with Crippen LogP contribution >= 0.6 is 0 Å². The van der Waals surface area contributed by atoms with Crippen molar-refractivity contribution in [1.29, 1.82) is 0 Å². The van der Waals surface area contributed by atoms with Crippen molar-refractivity contribution in [3.05, 3.63) is 48.3 Å². The highest BCUT2D eigenvalue weighted by Gasteiger charge is 2.35. The molecule has 0 unspecified atom stereocenters. The molecule has 4 rings (SSSR count). The monoisotopic (exact) mass is 366 g/mol. The van der Waals surface area contributed by atoms with E-state index in [4.69, 9.17) is 0 Å². The summed E-state index contributed by atoms with van der Waals surface area (Å²) in [6, 6.07) is 10.5. The van der Waals surface area contributed by atoms with Crippen LogP contribution in [0.5, 0.6) is 0 Å². The Bertz CT molecular complexity index is 766. The number of benzene rings is 1. The van der Waals surface area contributed by atoms with Crippen LogP contribution in [0.25, 0.3) is 5.69 Å². The van der Waals surface area contributed by atoms with Crippen LogP contribution in [0.3, 0.4) is 0 Å². The standard InChI is InChI=1S/C22H30N4O/c1-17(2)21-16-24(11-10-22(27)25(21)14-18-8-9-18)13-19-12-23-26(15-19)20-6-4-3-5-7-20/h3-7,12,15,17-18,21H,8-11,13-14,16H2,1-2H3/t21-/m0/s1. The molecule has 0 radical (unpaired) electrons. The Labute approximate surface area is 162 Å². The first kappa shape index (κ1) is 18.2. The molecule has 5 nitrogen and oxygen atoms in total. The Kier molecular flexibility index (Phi) is 5.30. The van der Waals surface area contributed by atoms with Crippen LogP contribution in [0.1, 0.15) is 38.7 Å². The molecule has 1 aromatic carbocycles. The Morgan fingerprint density at radius 1 is 1.19 bits per heavy atom. The normalized spacial score (nSPS) is 21.7. The van der Waals surface area contributed by atoms with Crippen LogP contribution in [-0.4, -0.2) is 51.2 Å². The van der Waals surface area contributed by atoms with Crippen LogP contribution in [0.4, 0.5) is 0 Å². The van der Waals surface area contributed by atoms with Gasteiger partial charge in [-0.25, -0.2) is 4.68 Å². The van der Waals surface area contributed by atoms with Gasteiger partial charge in [0.1, 0.15) is 0 Å². The molecule has 5 heteroatoms. The molecule has 27 heavy (non-hydrogen) atoms. The molecule has 0 N–H and O–H groups in total. The third kappa shape index (κ3) is 4.41. The Morgan fingerprint density at radius 2 is 1.96 bits per heavy atom. The van der Waals surface area contributed by atoms with E-state index in [9.17, 15) is 4.79 Å². The van der Waals surface area contributed by atoms with Gasteiger partial charge in [-0.2, -0.15) is 5.10 Å². The summed E-state index contributed by atoms with van der Waals surface area (Å²) in [5.41, 5.74) is 2.27. The summed E-state index contributed by atoms with van der Waals surface area (Å²) >= 11 is 0. The number of para-hydroxylation sites is 1. The zero-order valence-electron chi connectivity index (χ0n) is 16.4. The fraction of sp³-hybridized carbons (Fsp3) is 0.545. The number of amides is 1. The van der Waals surface area contributed by atoms with Gasteiger partial charge < -0.3 is 4.90 Å². The van der Waals surface area contributed by atoms with E-state index in [1.165, 1.54) is 18.4 Å². The lowest BCUT2D eigenvalue weighted by atomic mass is 10.0. The molecule has 0 bridgehead atoms. The van der Waals surface area contributed by atoms with Crippen LogP contribution in [0, 0.1) is 11.8 Å². The molecule has 2 heterocycles. The molecule has 144 valence electrons. The number of hydrogen-bond acceptors (Lipinski definition) is 3. The molecule has 1 atom stereocenters. The highest BCUT2D eigenvalue weighted by molar-refractivity contribution is 5.77. The van der Waals surface area contributed by atoms with Crippen LogP contribution in [-0.2, 0) is 11.3 Å². The molecule has 1 saturated carbocycles. The Balaban J connectivity index is 1.46. The Hall–Kier alpha value is -2.14. The molecule has 2 aliphatic rings. The first-order chi connectivity index (χ1) is 13.1. The molecule has 0 spiro atoms. The van der Waals surface area contributed by atoms with E-state index >= 15 is 0 Å². The second kappa shape index (κ2) is 7.85. The predicted molar refractivity (Wildman–Crippen MR) is 107 cm³/mol. The predicted octanol–water partition coefficient (Wildman–Crippen LogP) is 3.34. The summed E-state index contributed by atoms with van der Waals surface area (Å²) in [4.78, 5) is 17.4. The summed E-state index contributed by atoms with van der Waals surface area (Å²) in [6.07, 6.45) is 7.26. The number of rotatable bonds is 6. The maximum absolute atomic E-state index is 12.8. The van der Waals surface area contributed by atoms with Crippen molar-refractivity contribution in [3.8, 4) is 5.69 Å². The summed E-state index contributed by atoms with van der Waals surface area (Å²) in [7, 11) is 0. The van der Waals surface area contributed by atoms with Crippen LogP contribution < -0.4 is 0 Å². The van der Waals surface area contributed by atoms with Crippen LogP contribution in [0.15, 0.2) is 42.7 Å². The first-order valence-electron chi connectivity index (χ1n) is 10.2. The fourth-order valence-electron chi connectivity index (χ4n) is 3.99. The van der Waals surface area contributed by atoms with Gasteiger partial charge in [-0.1, -0.05) is 32.0 Å². The van der Waals surface area contributed by atoms with Crippen LogP contribution in [0.2, 0.25) is 0 Å². The zero-order valence-corrected chi connectivity index (χ0v) is 16.4. The second-order valence-electron chi connectivity index (χ2n) is 8.41. The average Bonchev–Trinajstić information content (AvgIpc) is 3.40. The van der Waals surface area contributed by atoms with Crippen molar-refractivity contribution in [3.63, 3.8) is 0 Å². The summed E-state index contributed by atoms with van der Waals surface area (Å²) < 4.78 is 1.93. The van der Waals surface area contributed by atoms with Gasteiger partial charge in [-0.15, -0.1) is 0 Å². The molecular weight excluding hydrogens is 336 g/mol. The van der Waals surface area contributed by atoms with E-state index in [1.54, 1.807) is 0 Å². The minimum absolute atomic E-state index is 0.310. The largest absolute Gasteiger partial charge is 0.338 e. The van der Waals surface area contributed by atoms with E-state index < -0.39 is 0 Å². The third-order valence-electron chi connectivity index (χ3n) is 5.79. The van der Waals surface area contributed by atoms with Gasteiger partial charge in [0.15, 0.2) is 0 Å². The topological polar surface area (TPSA) is 41.4 Å². The van der Waals surface area contributed by atoms with Gasteiger partial charge >= 0.3 is 0 Å². The molecule has 1 aliphatic heterocycles. The number of aromatic nitrogens is 2. The van der Waals surface area contributed by atoms with Gasteiger partial charge in [0.2, 0.25) is 5.91 Å². The molecule has 2 fully saturated rings. The summed E-state index contributed by atoms with van der Waals surface area (Å²) in [5, 5.41) is 4.52. The molecule has 1 aromatic heterocycles. The SMILES string of the molecule is CC(C)[C@@H]1CN(Cc2cnn(-c3ccccc3)c2)CCC(=O)N1CC1CC1. The lowest BCUT2D eigenvalue weighted by molar-refractivity contribution is -0.133. The average molecular weight is 367 g/mol. The van der Waals surface area contributed by atoms with E-state index in [0.29, 0.717) is 24.3 Å². The van der Waals surface area contributed by atoms with Gasteiger partial charge in [-0.05, 0) is 36.8 Å². The van der Waals surface area contributed by atoms with E-state index in [0.717, 1.165) is 37.8 Å². The van der Waals surface area contributed by atoms with Gasteiger partial charge in [0.05, 0.1) is 11.9 Å². The van der Waals surface area contributed by atoms with Crippen molar-refractivity contribution in [2.24, 2.45) is 11.8 Å². The van der Waals surface area contributed by atoms with Crippen molar-refractivity contribution in [2.45, 2.75) is 45.7 Å². The second-order valence-corrected chi connectivity index (χ2v) is 8.41. The van der Waals surface area contributed by atoms with Gasteiger partial charge in [0.25, 0.3) is 0 Å². The number of carbonyl (C=O) groups excluding carboxylic acids is 1. The molecule has 1 saturated heterocycles. The highest BCUT2D eigenvalue weighted by Crippen LogP contribution is 2.32.